The lowest BCUT2D eigenvalue weighted by atomic mass is 9.85. The summed E-state index contributed by atoms with van der Waals surface area (Å²) in [5.74, 6) is 0.588. The van der Waals surface area contributed by atoms with Crippen LogP contribution in [0.1, 0.15) is 42.5 Å². The van der Waals surface area contributed by atoms with Gasteiger partial charge in [-0.05, 0) is 61.6 Å². The summed E-state index contributed by atoms with van der Waals surface area (Å²) in [7, 11) is 3.50. The second-order valence-electron chi connectivity index (χ2n) is 8.47. The molecule has 2 aromatic carbocycles. The number of anilines is 1. The van der Waals surface area contributed by atoms with Gasteiger partial charge in [-0.25, -0.2) is 0 Å². The average Bonchev–Trinajstić information content (AvgIpc) is 2.78. The maximum atomic E-state index is 14.0. The summed E-state index contributed by atoms with van der Waals surface area (Å²) in [4.78, 5) is 2.06. The molecule has 1 unspecified atom stereocenters. The highest BCUT2D eigenvalue weighted by Crippen LogP contribution is 2.48. The molecule has 0 saturated carbocycles. The number of fused-ring (bicyclic) bond motifs is 1. The Bertz CT molecular complexity index is 919. The largest absolute Gasteiger partial charge is 0.495 e. The number of methoxy groups -OCH3 is 1. The van der Waals surface area contributed by atoms with E-state index in [1.807, 2.05) is 25.2 Å². The lowest BCUT2D eigenvalue weighted by Gasteiger charge is -2.42. The lowest BCUT2D eigenvalue weighted by molar-refractivity contribution is -0.281. The Balaban J connectivity index is 1.77. The molecule has 1 saturated heterocycles. The van der Waals surface area contributed by atoms with E-state index in [1.165, 1.54) is 5.56 Å². The second kappa shape index (κ2) is 8.36. The number of halogens is 3. The van der Waals surface area contributed by atoms with Crippen molar-refractivity contribution in [2.24, 2.45) is 0 Å². The third kappa shape index (κ3) is 3.89. The van der Waals surface area contributed by atoms with Gasteiger partial charge in [0.25, 0.3) is 0 Å². The lowest BCUT2D eigenvalue weighted by Crippen LogP contribution is -2.48. The Morgan fingerprint density at radius 3 is 2.61 bits per heavy atom. The zero-order valence-corrected chi connectivity index (χ0v) is 18.1. The molecule has 0 spiro atoms. The number of alkyl halides is 3. The summed E-state index contributed by atoms with van der Waals surface area (Å²) in [6.07, 6.45) is -2.16. The number of rotatable bonds is 4. The van der Waals surface area contributed by atoms with E-state index in [9.17, 15) is 13.2 Å². The van der Waals surface area contributed by atoms with Gasteiger partial charge >= 0.3 is 6.18 Å². The van der Waals surface area contributed by atoms with Gasteiger partial charge in [-0.3, -0.25) is 0 Å². The van der Waals surface area contributed by atoms with Crippen LogP contribution in [0.2, 0.25) is 0 Å². The molecular formula is C24H29F3N2O2. The molecule has 1 N–H and O–H groups in total. The SMILES string of the molecule is COc1cc2c(cc1N(C)[C@H]1CCCN[C@H]1c1ccccc1)C(C)(C(F)(F)F)OCC2. The summed E-state index contributed by atoms with van der Waals surface area (Å²) >= 11 is 0. The van der Waals surface area contributed by atoms with Crippen LogP contribution < -0.4 is 15.0 Å². The van der Waals surface area contributed by atoms with E-state index in [0.29, 0.717) is 23.4 Å². The van der Waals surface area contributed by atoms with Crippen molar-refractivity contribution in [2.45, 2.75) is 50.0 Å². The van der Waals surface area contributed by atoms with Gasteiger partial charge in [0.2, 0.25) is 0 Å². The monoisotopic (exact) mass is 434 g/mol. The minimum Gasteiger partial charge on any atom is -0.495 e. The van der Waals surface area contributed by atoms with Crippen LogP contribution in [0.3, 0.4) is 0 Å². The van der Waals surface area contributed by atoms with Gasteiger partial charge in [0.15, 0.2) is 5.60 Å². The molecule has 0 aromatic heterocycles. The fourth-order valence-corrected chi connectivity index (χ4v) is 4.85. The highest BCUT2D eigenvalue weighted by atomic mass is 19.4. The van der Waals surface area contributed by atoms with Crippen LogP contribution in [0.15, 0.2) is 42.5 Å². The Morgan fingerprint density at radius 2 is 1.94 bits per heavy atom. The number of ether oxygens (including phenoxy) is 2. The molecule has 2 aromatic rings. The van der Waals surface area contributed by atoms with Crippen LogP contribution in [0.4, 0.5) is 18.9 Å². The number of nitrogens with one attached hydrogen (secondary N) is 1. The molecule has 2 aliphatic rings. The highest BCUT2D eigenvalue weighted by molar-refractivity contribution is 5.64. The Kier molecular flexibility index (Phi) is 5.92. The van der Waals surface area contributed by atoms with Gasteiger partial charge in [-0.15, -0.1) is 0 Å². The molecule has 1 fully saturated rings. The zero-order valence-electron chi connectivity index (χ0n) is 18.1. The van der Waals surface area contributed by atoms with E-state index < -0.39 is 11.8 Å². The summed E-state index contributed by atoms with van der Waals surface area (Å²) in [6.45, 7) is 2.06. The third-order valence-electron chi connectivity index (χ3n) is 6.68. The van der Waals surface area contributed by atoms with Crippen LogP contribution in [0.5, 0.6) is 5.75 Å². The molecule has 0 radical (unpaired) electrons. The first kappa shape index (κ1) is 22.0. The normalized spacial score (nSPS) is 26.3. The van der Waals surface area contributed by atoms with Crippen LogP contribution in [-0.4, -0.2) is 39.5 Å². The molecule has 31 heavy (non-hydrogen) atoms. The first-order valence-corrected chi connectivity index (χ1v) is 10.7. The molecule has 3 atom stereocenters. The highest BCUT2D eigenvalue weighted by Gasteiger charge is 2.56. The van der Waals surface area contributed by atoms with Crippen LogP contribution in [0, 0.1) is 0 Å². The molecular weight excluding hydrogens is 405 g/mol. The Labute approximate surface area is 181 Å². The van der Waals surface area contributed by atoms with E-state index >= 15 is 0 Å². The minimum atomic E-state index is -4.51. The van der Waals surface area contributed by atoms with Crippen molar-refractivity contribution in [3.8, 4) is 5.75 Å². The number of hydrogen-bond acceptors (Lipinski definition) is 4. The average molecular weight is 435 g/mol. The minimum absolute atomic E-state index is 0.0317. The number of piperidine rings is 1. The van der Waals surface area contributed by atoms with Crippen molar-refractivity contribution in [2.75, 3.05) is 32.2 Å². The summed E-state index contributed by atoms with van der Waals surface area (Å²) < 4.78 is 52.9. The summed E-state index contributed by atoms with van der Waals surface area (Å²) in [5, 5.41) is 3.59. The van der Waals surface area contributed by atoms with Gasteiger partial charge in [0.1, 0.15) is 5.75 Å². The van der Waals surface area contributed by atoms with Crippen molar-refractivity contribution in [3.05, 3.63) is 59.2 Å². The standard InChI is InChI=1S/C24H29F3N2O2/c1-23(24(25,26)27)18-15-20(21(30-3)14-17(18)11-13-31-23)29(2)19-10-7-12-28-22(19)16-8-5-4-6-9-16/h4-6,8-9,14-15,19,22,28H,7,10-13H2,1-3H3/t19-,22-,23?/m0/s1. The van der Waals surface area contributed by atoms with E-state index in [-0.39, 0.29) is 24.3 Å². The van der Waals surface area contributed by atoms with E-state index in [1.54, 1.807) is 19.2 Å². The van der Waals surface area contributed by atoms with Crippen molar-refractivity contribution < 1.29 is 22.6 Å². The number of likely N-dealkylation sites (N-methyl/N-ethyl adjacent to an activating group) is 1. The van der Waals surface area contributed by atoms with Gasteiger partial charge in [0.05, 0.1) is 25.4 Å². The molecule has 0 aliphatic carbocycles. The first-order valence-electron chi connectivity index (χ1n) is 10.7. The summed E-state index contributed by atoms with van der Waals surface area (Å²) in [5.41, 5.74) is 0.290. The molecule has 2 aliphatic heterocycles. The molecule has 0 bridgehead atoms. The van der Waals surface area contributed by atoms with Gasteiger partial charge in [-0.1, -0.05) is 30.3 Å². The fourth-order valence-electron chi connectivity index (χ4n) is 4.85. The quantitative estimate of drug-likeness (QED) is 0.736. The van der Waals surface area contributed by atoms with E-state index in [0.717, 1.165) is 26.3 Å². The summed E-state index contributed by atoms with van der Waals surface area (Å²) in [6, 6.07) is 13.7. The van der Waals surface area contributed by atoms with Crippen LogP contribution in [-0.2, 0) is 16.8 Å². The number of hydrogen-bond donors (Lipinski definition) is 1. The Morgan fingerprint density at radius 1 is 1.19 bits per heavy atom. The number of benzene rings is 2. The third-order valence-corrected chi connectivity index (χ3v) is 6.68. The van der Waals surface area contributed by atoms with E-state index in [4.69, 9.17) is 9.47 Å². The number of nitrogens with zero attached hydrogens (tertiary/aromatic N) is 1. The van der Waals surface area contributed by atoms with E-state index in [2.05, 4.69) is 22.3 Å². The smallest absolute Gasteiger partial charge is 0.421 e. The van der Waals surface area contributed by atoms with Gasteiger partial charge in [-0.2, -0.15) is 13.2 Å². The van der Waals surface area contributed by atoms with Crippen molar-refractivity contribution in [1.82, 2.24) is 5.32 Å². The van der Waals surface area contributed by atoms with Crippen molar-refractivity contribution in [1.29, 1.82) is 0 Å². The van der Waals surface area contributed by atoms with Gasteiger partial charge in [0, 0.05) is 13.1 Å². The predicted molar refractivity (Wildman–Crippen MR) is 115 cm³/mol. The molecule has 4 nitrogen and oxygen atoms in total. The van der Waals surface area contributed by atoms with Crippen LogP contribution >= 0.6 is 0 Å². The first-order chi connectivity index (χ1) is 14.8. The predicted octanol–water partition coefficient (Wildman–Crippen LogP) is 4.97. The van der Waals surface area contributed by atoms with Crippen molar-refractivity contribution >= 4 is 5.69 Å². The molecule has 168 valence electrons. The Hall–Kier alpha value is -2.25. The van der Waals surface area contributed by atoms with Crippen LogP contribution in [0.25, 0.3) is 0 Å². The fraction of sp³-hybridized carbons (Fsp3) is 0.500. The second-order valence-corrected chi connectivity index (χ2v) is 8.47. The van der Waals surface area contributed by atoms with Crippen molar-refractivity contribution in [3.63, 3.8) is 0 Å². The molecule has 4 rings (SSSR count). The zero-order chi connectivity index (χ0) is 22.2. The maximum Gasteiger partial charge on any atom is 0.421 e. The van der Waals surface area contributed by atoms with Gasteiger partial charge < -0.3 is 19.7 Å². The molecule has 0 amide bonds. The maximum absolute atomic E-state index is 14.0. The topological polar surface area (TPSA) is 33.7 Å². The molecule has 2 heterocycles. The molecule has 7 heteroatoms.